The van der Waals surface area contributed by atoms with E-state index in [4.69, 9.17) is 16.3 Å². The summed E-state index contributed by atoms with van der Waals surface area (Å²) in [6.07, 6.45) is 3.00. The lowest BCUT2D eigenvalue weighted by Crippen LogP contribution is -2.29. The van der Waals surface area contributed by atoms with Crippen LogP contribution in [0, 0.1) is 0 Å². The SMILES string of the molecule is COc1cc(C2C(=C(O)c3ccc(Cl)cc3)C(=O)C(=O)N2c2cccnc2)ccc1O. The van der Waals surface area contributed by atoms with Gasteiger partial charge in [0, 0.05) is 16.8 Å². The summed E-state index contributed by atoms with van der Waals surface area (Å²) in [4.78, 5) is 31.4. The van der Waals surface area contributed by atoms with Gasteiger partial charge in [0.1, 0.15) is 5.76 Å². The number of carbonyl (C=O) groups excluding carboxylic acids is 2. The van der Waals surface area contributed by atoms with Gasteiger partial charge in [0.15, 0.2) is 11.5 Å². The Morgan fingerprint density at radius 3 is 2.52 bits per heavy atom. The number of phenols is 1. The molecular formula is C23H17ClN2O5. The predicted octanol–water partition coefficient (Wildman–Crippen LogP) is 4.08. The highest BCUT2D eigenvalue weighted by Gasteiger charge is 2.47. The second-order valence-electron chi connectivity index (χ2n) is 6.82. The number of anilines is 1. The Morgan fingerprint density at radius 2 is 1.87 bits per heavy atom. The van der Waals surface area contributed by atoms with Gasteiger partial charge < -0.3 is 14.9 Å². The van der Waals surface area contributed by atoms with Gasteiger partial charge in [-0.2, -0.15) is 0 Å². The van der Waals surface area contributed by atoms with Crippen molar-refractivity contribution >= 4 is 34.7 Å². The number of aromatic hydroxyl groups is 1. The van der Waals surface area contributed by atoms with Crippen molar-refractivity contribution in [1.82, 2.24) is 4.98 Å². The van der Waals surface area contributed by atoms with E-state index in [0.717, 1.165) is 0 Å². The maximum atomic E-state index is 13.0. The van der Waals surface area contributed by atoms with E-state index in [-0.39, 0.29) is 22.8 Å². The van der Waals surface area contributed by atoms with E-state index in [1.165, 1.54) is 30.3 Å². The van der Waals surface area contributed by atoms with Crippen LogP contribution in [0.25, 0.3) is 5.76 Å². The molecule has 1 atom stereocenters. The third-order valence-corrected chi connectivity index (χ3v) is 5.26. The van der Waals surface area contributed by atoms with E-state index in [0.29, 0.717) is 21.8 Å². The van der Waals surface area contributed by atoms with Crippen molar-refractivity contribution in [2.75, 3.05) is 12.0 Å². The van der Waals surface area contributed by atoms with Crippen LogP contribution < -0.4 is 9.64 Å². The maximum Gasteiger partial charge on any atom is 0.300 e. The van der Waals surface area contributed by atoms with Crippen LogP contribution in [0.1, 0.15) is 17.2 Å². The molecule has 1 unspecified atom stereocenters. The molecule has 0 bridgehead atoms. The average molecular weight is 437 g/mol. The number of aliphatic hydroxyl groups is 1. The number of ketones is 1. The largest absolute Gasteiger partial charge is 0.507 e. The predicted molar refractivity (Wildman–Crippen MR) is 115 cm³/mol. The van der Waals surface area contributed by atoms with Crippen LogP contribution >= 0.6 is 11.6 Å². The molecule has 1 aromatic heterocycles. The van der Waals surface area contributed by atoms with Crippen molar-refractivity contribution in [3.63, 3.8) is 0 Å². The Hall–Kier alpha value is -3.84. The molecule has 1 fully saturated rings. The maximum absolute atomic E-state index is 13.0. The summed E-state index contributed by atoms with van der Waals surface area (Å²) in [6.45, 7) is 0. The second-order valence-corrected chi connectivity index (χ2v) is 7.25. The first kappa shape index (κ1) is 20.4. The number of rotatable bonds is 4. The summed E-state index contributed by atoms with van der Waals surface area (Å²) < 4.78 is 5.19. The van der Waals surface area contributed by atoms with Gasteiger partial charge in [-0.1, -0.05) is 17.7 Å². The van der Waals surface area contributed by atoms with Crippen LogP contribution in [0.15, 0.2) is 72.6 Å². The number of phenolic OH excluding ortho intramolecular Hbond substituents is 1. The summed E-state index contributed by atoms with van der Waals surface area (Å²) in [5, 5.41) is 21.5. The summed E-state index contributed by atoms with van der Waals surface area (Å²) in [5.41, 5.74) is 1.10. The zero-order valence-electron chi connectivity index (χ0n) is 16.3. The van der Waals surface area contributed by atoms with Crippen LogP contribution in [-0.2, 0) is 9.59 Å². The molecule has 0 saturated carbocycles. The number of ether oxygens (including phenoxy) is 1. The first-order valence-electron chi connectivity index (χ1n) is 9.26. The number of amides is 1. The van der Waals surface area contributed by atoms with Gasteiger partial charge in [0.25, 0.3) is 11.7 Å². The van der Waals surface area contributed by atoms with Gasteiger partial charge in [0.2, 0.25) is 0 Å². The van der Waals surface area contributed by atoms with E-state index >= 15 is 0 Å². The zero-order chi connectivity index (χ0) is 22.1. The van der Waals surface area contributed by atoms with E-state index in [1.54, 1.807) is 48.7 Å². The number of Topliss-reactive ketones (excluding diaryl/α,β-unsaturated/α-hetero) is 1. The molecule has 2 N–H and O–H groups in total. The lowest BCUT2D eigenvalue weighted by atomic mass is 9.95. The first-order valence-corrected chi connectivity index (χ1v) is 9.64. The van der Waals surface area contributed by atoms with Crippen molar-refractivity contribution in [1.29, 1.82) is 0 Å². The molecule has 2 heterocycles. The molecular weight excluding hydrogens is 420 g/mol. The highest BCUT2D eigenvalue weighted by Crippen LogP contribution is 2.43. The molecule has 1 aliphatic rings. The van der Waals surface area contributed by atoms with E-state index in [1.807, 2.05) is 0 Å². The Balaban J connectivity index is 1.96. The van der Waals surface area contributed by atoms with Crippen molar-refractivity contribution in [3.8, 4) is 11.5 Å². The minimum absolute atomic E-state index is 0.0936. The summed E-state index contributed by atoms with van der Waals surface area (Å²) >= 11 is 5.93. The molecule has 1 aliphatic heterocycles. The quantitative estimate of drug-likeness (QED) is 0.363. The fourth-order valence-corrected chi connectivity index (χ4v) is 3.66. The highest BCUT2D eigenvalue weighted by molar-refractivity contribution is 6.51. The number of aromatic nitrogens is 1. The third-order valence-electron chi connectivity index (χ3n) is 5.01. The van der Waals surface area contributed by atoms with Crippen molar-refractivity contribution in [3.05, 3.63) is 88.7 Å². The van der Waals surface area contributed by atoms with Crippen molar-refractivity contribution in [2.24, 2.45) is 0 Å². The number of hydrogen-bond donors (Lipinski definition) is 2. The Bertz CT molecular complexity index is 1190. The molecule has 3 aromatic rings. The molecule has 156 valence electrons. The number of nitrogens with zero attached hydrogens (tertiary/aromatic N) is 2. The van der Waals surface area contributed by atoms with E-state index in [2.05, 4.69) is 4.98 Å². The van der Waals surface area contributed by atoms with Gasteiger partial charge in [-0.3, -0.25) is 19.5 Å². The molecule has 0 radical (unpaired) electrons. The molecule has 0 aliphatic carbocycles. The second kappa shape index (κ2) is 8.12. The Morgan fingerprint density at radius 1 is 1.13 bits per heavy atom. The fourth-order valence-electron chi connectivity index (χ4n) is 3.54. The normalized spacial score (nSPS) is 17.7. The van der Waals surface area contributed by atoms with Crippen LogP contribution in [0.3, 0.4) is 0 Å². The van der Waals surface area contributed by atoms with Crippen molar-refractivity contribution in [2.45, 2.75) is 6.04 Å². The molecule has 8 heteroatoms. The summed E-state index contributed by atoms with van der Waals surface area (Å²) in [7, 11) is 1.39. The van der Waals surface area contributed by atoms with Crippen LogP contribution in [-0.4, -0.2) is 34.0 Å². The smallest absolute Gasteiger partial charge is 0.300 e. The van der Waals surface area contributed by atoms with Gasteiger partial charge in [0.05, 0.1) is 30.6 Å². The van der Waals surface area contributed by atoms with Crippen LogP contribution in [0.4, 0.5) is 5.69 Å². The standard InChI is InChI=1S/C23H17ClN2O5/c1-31-18-11-14(6-9-17(18)27)20-19(21(28)13-4-7-15(24)8-5-13)22(29)23(30)26(20)16-3-2-10-25-12-16/h2-12,20,27-28H,1H3. The van der Waals surface area contributed by atoms with E-state index < -0.39 is 17.7 Å². The number of halogens is 1. The minimum atomic E-state index is -0.964. The van der Waals surface area contributed by atoms with E-state index in [9.17, 15) is 19.8 Å². The first-order chi connectivity index (χ1) is 14.9. The Kier molecular flexibility index (Phi) is 5.35. The van der Waals surface area contributed by atoms with Crippen molar-refractivity contribution < 1.29 is 24.5 Å². The molecule has 1 saturated heterocycles. The molecule has 7 nitrogen and oxygen atoms in total. The Labute approximate surface area is 182 Å². The van der Waals surface area contributed by atoms with Gasteiger partial charge in [-0.25, -0.2) is 0 Å². The monoisotopic (exact) mass is 436 g/mol. The lowest BCUT2D eigenvalue weighted by molar-refractivity contribution is -0.132. The molecule has 31 heavy (non-hydrogen) atoms. The van der Waals surface area contributed by atoms with Crippen LogP contribution in [0.5, 0.6) is 11.5 Å². The minimum Gasteiger partial charge on any atom is -0.507 e. The number of aliphatic hydroxyl groups excluding tert-OH is 1. The molecule has 0 spiro atoms. The lowest BCUT2D eigenvalue weighted by Gasteiger charge is -2.25. The number of hydrogen-bond acceptors (Lipinski definition) is 6. The highest BCUT2D eigenvalue weighted by atomic mass is 35.5. The van der Waals surface area contributed by atoms with Gasteiger partial charge in [-0.15, -0.1) is 0 Å². The topological polar surface area (TPSA) is 100.0 Å². The third kappa shape index (κ3) is 3.60. The summed E-state index contributed by atoms with van der Waals surface area (Å²) in [6, 6.07) is 13.1. The average Bonchev–Trinajstić information content (AvgIpc) is 3.05. The summed E-state index contributed by atoms with van der Waals surface area (Å²) in [5.74, 6) is -1.91. The number of pyridine rings is 1. The van der Waals surface area contributed by atoms with Crippen LogP contribution in [0.2, 0.25) is 5.02 Å². The molecule has 2 aromatic carbocycles. The fraction of sp³-hybridized carbons (Fsp3) is 0.0870. The zero-order valence-corrected chi connectivity index (χ0v) is 17.1. The van der Waals surface area contributed by atoms with Gasteiger partial charge >= 0.3 is 0 Å². The number of carbonyl (C=O) groups is 2. The molecule has 1 amide bonds. The number of methoxy groups -OCH3 is 1. The van der Waals surface area contributed by atoms with Gasteiger partial charge in [-0.05, 0) is 54.1 Å². The number of benzene rings is 2. The molecule has 4 rings (SSSR count).